The van der Waals surface area contributed by atoms with E-state index in [0.29, 0.717) is 5.92 Å². The smallest absolute Gasteiger partial charge is 0.161 e. The van der Waals surface area contributed by atoms with E-state index in [1.165, 1.54) is 12.8 Å². The van der Waals surface area contributed by atoms with E-state index in [0.717, 1.165) is 35.0 Å². The molecule has 0 atom stereocenters. The van der Waals surface area contributed by atoms with E-state index in [1.807, 2.05) is 30.3 Å². The summed E-state index contributed by atoms with van der Waals surface area (Å²) in [6, 6.07) is 9.82. The van der Waals surface area contributed by atoms with Gasteiger partial charge in [0.1, 0.15) is 17.2 Å². The van der Waals surface area contributed by atoms with E-state index < -0.39 is 0 Å². The van der Waals surface area contributed by atoms with Gasteiger partial charge < -0.3 is 5.32 Å². The van der Waals surface area contributed by atoms with E-state index in [4.69, 9.17) is 0 Å². The van der Waals surface area contributed by atoms with Gasteiger partial charge in [-0.15, -0.1) is 5.10 Å². The predicted octanol–water partition coefficient (Wildman–Crippen LogP) is 2.52. The number of aromatic nitrogens is 5. The van der Waals surface area contributed by atoms with Crippen LogP contribution < -0.4 is 5.32 Å². The molecule has 1 aromatic carbocycles. The fourth-order valence-electron chi connectivity index (χ4n) is 2.40. The summed E-state index contributed by atoms with van der Waals surface area (Å²) in [7, 11) is 0. The Morgan fingerprint density at radius 3 is 2.90 bits per heavy atom. The summed E-state index contributed by atoms with van der Waals surface area (Å²) < 4.78 is 1.78. The van der Waals surface area contributed by atoms with Gasteiger partial charge in [-0.25, -0.2) is 9.97 Å². The molecule has 1 aliphatic rings. The topological polar surface area (TPSA) is 68.5 Å². The molecule has 0 bridgehead atoms. The van der Waals surface area contributed by atoms with E-state index in [-0.39, 0.29) is 0 Å². The highest BCUT2D eigenvalue weighted by Crippen LogP contribution is 2.38. The highest BCUT2D eigenvalue weighted by Gasteiger charge is 2.27. The van der Waals surface area contributed by atoms with Crippen molar-refractivity contribution in [3.8, 4) is 5.82 Å². The highest BCUT2D eigenvalue weighted by atomic mass is 15.4. The predicted molar refractivity (Wildman–Crippen MR) is 80.6 cm³/mol. The summed E-state index contributed by atoms with van der Waals surface area (Å²) in [5.41, 5.74) is 1.83. The van der Waals surface area contributed by atoms with E-state index in [9.17, 15) is 0 Å². The van der Waals surface area contributed by atoms with Crippen LogP contribution in [-0.2, 0) is 0 Å². The average molecular weight is 280 g/mol. The molecule has 2 heterocycles. The first-order valence-corrected chi connectivity index (χ1v) is 7.29. The third kappa shape index (κ3) is 2.22. The van der Waals surface area contributed by atoms with Crippen LogP contribution >= 0.6 is 0 Å². The molecule has 0 saturated heterocycles. The third-order valence-electron chi connectivity index (χ3n) is 3.60. The standard InChI is InChI=1S/C15H16N6/c1-2-16-13-9-14(18-15(17-13)10-7-8-10)21-12-6-4-3-5-11(12)19-20-21/h3-6,9-10H,2,7-8H2,1H3,(H,16,17,18). The first-order chi connectivity index (χ1) is 10.3. The van der Waals surface area contributed by atoms with Crippen molar-refractivity contribution in [1.29, 1.82) is 0 Å². The lowest BCUT2D eigenvalue weighted by Gasteiger charge is -2.08. The second-order valence-electron chi connectivity index (χ2n) is 5.26. The number of hydrogen-bond acceptors (Lipinski definition) is 5. The summed E-state index contributed by atoms with van der Waals surface area (Å²) in [4.78, 5) is 9.27. The molecule has 6 nitrogen and oxygen atoms in total. The SMILES string of the molecule is CCNc1cc(-n2nnc3ccccc32)nc(C2CC2)n1. The Morgan fingerprint density at radius 1 is 1.24 bits per heavy atom. The van der Waals surface area contributed by atoms with Crippen LogP contribution in [0.2, 0.25) is 0 Å². The van der Waals surface area contributed by atoms with E-state index in [1.54, 1.807) is 4.68 Å². The van der Waals surface area contributed by atoms with Gasteiger partial charge in [0, 0.05) is 18.5 Å². The van der Waals surface area contributed by atoms with Crippen molar-refractivity contribution in [2.75, 3.05) is 11.9 Å². The number of rotatable bonds is 4. The minimum Gasteiger partial charge on any atom is -0.370 e. The monoisotopic (exact) mass is 280 g/mol. The fraction of sp³-hybridized carbons (Fsp3) is 0.333. The molecule has 1 N–H and O–H groups in total. The molecule has 0 spiro atoms. The molecular formula is C15H16N6. The zero-order chi connectivity index (χ0) is 14.2. The summed E-state index contributed by atoms with van der Waals surface area (Å²) in [5.74, 6) is 3.03. The first-order valence-electron chi connectivity index (χ1n) is 7.29. The van der Waals surface area contributed by atoms with Crippen molar-refractivity contribution in [2.45, 2.75) is 25.7 Å². The molecule has 1 aliphatic carbocycles. The minimum absolute atomic E-state index is 0.497. The Balaban J connectivity index is 1.86. The lowest BCUT2D eigenvalue weighted by molar-refractivity contribution is 0.780. The van der Waals surface area contributed by atoms with Crippen LogP contribution in [0.5, 0.6) is 0 Å². The van der Waals surface area contributed by atoms with Gasteiger partial charge >= 0.3 is 0 Å². The molecule has 0 aliphatic heterocycles. The van der Waals surface area contributed by atoms with Crippen LogP contribution in [0, 0.1) is 0 Å². The van der Waals surface area contributed by atoms with Crippen molar-refractivity contribution in [1.82, 2.24) is 25.0 Å². The Morgan fingerprint density at radius 2 is 2.10 bits per heavy atom. The summed E-state index contributed by atoms with van der Waals surface area (Å²) >= 11 is 0. The maximum atomic E-state index is 4.68. The largest absolute Gasteiger partial charge is 0.370 e. The number of hydrogen-bond donors (Lipinski definition) is 1. The van der Waals surface area contributed by atoms with Crippen LogP contribution in [0.25, 0.3) is 16.9 Å². The van der Waals surface area contributed by atoms with Crippen LogP contribution in [0.3, 0.4) is 0 Å². The second kappa shape index (κ2) is 4.80. The second-order valence-corrected chi connectivity index (χ2v) is 5.26. The number of para-hydroxylation sites is 1. The Kier molecular flexibility index (Phi) is 2.80. The zero-order valence-electron chi connectivity index (χ0n) is 11.8. The molecule has 0 radical (unpaired) electrons. The normalized spacial score (nSPS) is 14.5. The quantitative estimate of drug-likeness (QED) is 0.795. The fourth-order valence-corrected chi connectivity index (χ4v) is 2.40. The third-order valence-corrected chi connectivity index (χ3v) is 3.60. The molecule has 106 valence electrons. The molecule has 1 saturated carbocycles. The van der Waals surface area contributed by atoms with Crippen molar-refractivity contribution in [2.24, 2.45) is 0 Å². The maximum absolute atomic E-state index is 4.68. The van der Waals surface area contributed by atoms with Gasteiger partial charge in [-0.05, 0) is 31.9 Å². The van der Waals surface area contributed by atoms with Crippen molar-refractivity contribution in [3.63, 3.8) is 0 Å². The maximum Gasteiger partial charge on any atom is 0.161 e. The number of benzene rings is 1. The number of fused-ring (bicyclic) bond motifs is 1. The molecule has 2 aromatic heterocycles. The molecule has 21 heavy (non-hydrogen) atoms. The lowest BCUT2D eigenvalue weighted by atomic mass is 10.3. The van der Waals surface area contributed by atoms with Crippen molar-refractivity contribution < 1.29 is 0 Å². The van der Waals surface area contributed by atoms with Gasteiger partial charge in [-0.3, -0.25) is 0 Å². The van der Waals surface area contributed by atoms with Gasteiger partial charge in [0.25, 0.3) is 0 Å². The van der Waals surface area contributed by atoms with Gasteiger partial charge in [0.2, 0.25) is 0 Å². The van der Waals surface area contributed by atoms with Crippen LogP contribution in [0.1, 0.15) is 31.5 Å². The average Bonchev–Trinajstić information content (AvgIpc) is 3.27. The van der Waals surface area contributed by atoms with Gasteiger partial charge in [0.05, 0.1) is 5.52 Å². The number of anilines is 1. The molecular weight excluding hydrogens is 264 g/mol. The first kappa shape index (κ1) is 12.3. The molecule has 0 amide bonds. The Labute approximate surface area is 122 Å². The molecule has 6 heteroatoms. The lowest BCUT2D eigenvalue weighted by Crippen LogP contribution is -2.08. The van der Waals surface area contributed by atoms with Crippen LogP contribution in [-0.4, -0.2) is 31.5 Å². The molecule has 0 unspecified atom stereocenters. The van der Waals surface area contributed by atoms with Gasteiger partial charge in [-0.2, -0.15) is 4.68 Å². The highest BCUT2D eigenvalue weighted by molar-refractivity contribution is 5.75. The summed E-state index contributed by atoms with van der Waals surface area (Å²) in [5, 5.41) is 11.7. The van der Waals surface area contributed by atoms with Gasteiger partial charge in [-0.1, -0.05) is 17.3 Å². The van der Waals surface area contributed by atoms with E-state index in [2.05, 4.69) is 32.5 Å². The van der Waals surface area contributed by atoms with Crippen molar-refractivity contribution >= 4 is 16.9 Å². The Bertz CT molecular complexity index is 790. The van der Waals surface area contributed by atoms with Crippen molar-refractivity contribution in [3.05, 3.63) is 36.2 Å². The van der Waals surface area contributed by atoms with Gasteiger partial charge in [0.15, 0.2) is 5.82 Å². The summed E-state index contributed by atoms with van der Waals surface area (Å²) in [6.07, 6.45) is 2.35. The summed E-state index contributed by atoms with van der Waals surface area (Å²) in [6.45, 7) is 2.89. The Hall–Kier alpha value is -2.50. The minimum atomic E-state index is 0.497. The number of nitrogens with one attached hydrogen (secondary N) is 1. The van der Waals surface area contributed by atoms with E-state index >= 15 is 0 Å². The zero-order valence-corrected chi connectivity index (χ0v) is 11.8. The molecule has 4 rings (SSSR count). The van der Waals surface area contributed by atoms with Crippen LogP contribution in [0.4, 0.5) is 5.82 Å². The molecule has 1 fully saturated rings. The van der Waals surface area contributed by atoms with Crippen LogP contribution in [0.15, 0.2) is 30.3 Å². The number of nitrogens with zero attached hydrogens (tertiary/aromatic N) is 5. The molecule has 3 aromatic rings.